The predicted molar refractivity (Wildman–Crippen MR) is 97.8 cm³/mol. The number of carbonyl (C=O) groups excluding carboxylic acids is 2. The Labute approximate surface area is 150 Å². The van der Waals surface area contributed by atoms with Gasteiger partial charge in [-0.25, -0.2) is 0 Å². The molecule has 5 heteroatoms. The number of imide groups is 1. The maximum absolute atomic E-state index is 12.4. The molecular weight excluding hydrogens is 328 g/mol. The summed E-state index contributed by atoms with van der Waals surface area (Å²) < 4.78 is 5.73. The fourth-order valence-electron chi connectivity index (χ4n) is 2.79. The number of amides is 2. The summed E-state index contributed by atoms with van der Waals surface area (Å²) in [4.78, 5) is 24.7. The van der Waals surface area contributed by atoms with Gasteiger partial charge in [-0.2, -0.15) is 5.01 Å². The second-order valence-electron chi connectivity index (χ2n) is 5.90. The maximum Gasteiger partial charge on any atom is 0.280 e. The number of hydrazine groups is 1. The third-order valence-electron chi connectivity index (χ3n) is 4.14. The van der Waals surface area contributed by atoms with E-state index in [1.165, 1.54) is 0 Å². The van der Waals surface area contributed by atoms with Gasteiger partial charge in [0.05, 0.1) is 16.8 Å². The van der Waals surface area contributed by atoms with Gasteiger partial charge in [0.15, 0.2) is 0 Å². The lowest BCUT2D eigenvalue weighted by atomic mass is 10.1. The molecule has 0 bridgehead atoms. The molecule has 0 radical (unpaired) electrons. The molecule has 1 N–H and O–H groups in total. The van der Waals surface area contributed by atoms with Crippen molar-refractivity contribution in [1.29, 1.82) is 0 Å². The number of nitrogens with one attached hydrogen (secondary N) is 1. The van der Waals surface area contributed by atoms with E-state index >= 15 is 0 Å². The fourth-order valence-corrected chi connectivity index (χ4v) is 2.79. The largest absolute Gasteiger partial charge is 0.489 e. The summed E-state index contributed by atoms with van der Waals surface area (Å²) in [7, 11) is 0. The Morgan fingerprint density at radius 1 is 0.731 bits per heavy atom. The Bertz CT molecular complexity index is 918. The van der Waals surface area contributed by atoms with E-state index in [-0.39, 0.29) is 11.8 Å². The van der Waals surface area contributed by atoms with Crippen LogP contribution in [0.4, 0.5) is 5.69 Å². The van der Waals surface area contributed by atoms with Crippen molar-refractivity contribution in [3.63, 3.8) is 0 Å². The first-order chi connectivity index (χ1) is 12.7. The normalized spacial score (nSPS) is 12.8. The summed E-state index contributed by atoms with van der Waals surface area (Å²) in [5, 5.41) is 1.03. The second-order valence-corrected chi connectivity index (χ2v) is 5.90. The molecule has 4 rings (SSSR count). The van der Waals surface area contributed by atoms with Crippen LogP contribution >= 0.6 is 0 Å². The lowest BCUT2D eigenvalue weighted by molar-refractivity contribution is 0.0691. The van der Waals surface area contributed by atoms with Crippen LogP contribution in [-0.2, 0) is 6.61 Å². The summed E-state index contributed by atoms with van der Waals surface area (Å²) in [6, 6.07) is 23.8. The number of ether oxygens (including phenoxy) is 1. The number of nitrogens with zero attached hydrogens (tertiary/aromatic N) is 1. The van der Waals surface area contributed by atoms with Gasteiger partial charge in [0, 0.05) is 0 Å². The number of hydrogen-bond acceptors (Lipinski definition) is 4. The highest BCUT2D eigenvalue weighted by atomic mass is 16.5. The highest BCUT2D eigenvalue weighted by molar-refractivity contribution is 6.21. The fraction of sp³-hybridized carbons (Fsp3) is 0.0476. The van der Waals surface area contributed by atoms with Crippen LogP contribution in [-0.4, -0.2) is 16.8 Å². The van der Waals surface area contributed by atoms with E-state index in [0.29, 0.717) is 29.2 Å². The zero-order chi connectivity index (χ0) is 17.9. The van der Waals surface area contributed by atoms with Crippen LogP contribution in [0.1, 0.15) is 26.3 Å². The van der Waals surface area contributed by atoms with E-state index in [2.05, 4.69) is 5.43 Å². The average Bonchev–Trinajstić information content (AvgIpc) is 2.93. The lowest BCUT2D eigenvalue weighted by Crippen LogP contribution is -2.35. The number of benzene rings is 3. The number of fused-ring (bicyclic) bond motifs is 1. The molecule has 1 heterocycles. The van der Waals surface area contributed by atoms with E-state index in [4.69, 9.17) is 4.74 Å². The molecule has 0 fully saturated rings. The highest BCUT2D eigenvalue weighted by Gasteiger charge is 2.35. The van der Waals surface area contributed by atoms with Crippen LogP contribution in [0.3, 0.4) is 0 Å². The minimum atomic E-state index is -0.352. The van der Waals surface area contributed by atoms with Gasteiger partial charge < -0.3 is 4.74 Å². The summed E-state index contributed by atoms with van der Waals surface area (Å²) in [6.45, 7) is 0.478. The van der Waals surface area contributed by atoms with Crippen molar-refractivity contribution in [2.75, 3.05) is 5.43 Å². The highest BCUT2D eigenvalue weighted by Crippen LogP contribution is 2.24. The van der Waals surface area contributed by atoms with Gasteiger partial charge in [-0.3, -0.25) is 15.0 Å². The van der Waals surface area contributed by atoms with Gasteiger partial charge in [0.1, 0.15) is 12.4 Å². The maximum atomic E-state index is 12.4. The molecule has 3 aromatic carbocycles. The topological polar surface area (TPSA) is 58.6 Å². The van der Waals surface area contributed by atoms with Gasteiger partial charge in [0.2, 0.25) is 0 Å². The van der Waals surface area contributed by atoms with E-state index in [1.54, 1.807) is 48.5 Å². The van der Waals surface area contributed by atoms with E-state index < -0.39 is 0 Å². The van der Waals surface area contributed by atoms with Gasteiger partial charge in [-0.15, -0.1) is 0 Å². The molecule has 0 spiro atoms. The van der Waals surface area contributed by atoms with Crippen LogP contribution in [0.25, 0.3) is 0 Å². The number of hydrogen-bond donors (Lipinski definition) is 1. The average molecular weight is 344 g/mol. The van der Waals surface area contributed by atoms with Crippen LogP contribution < -0.4 is 10.2 Å². The second kappa shape index (κ2) is 6.72. The van der Waals surface area contributed by atoms with Crippen molar-refractivity contribution in [2.45, 2.75) is 6.61 Å². The first-order valence-electron chi connectivity index (χ1n) is 8.23. The SMILES string of the molecule is O=C1c2ccccc2C(=O)N1Nc1ccc(OCc2ccccc2)cc1. The molecule has 0 unspecified atom stereocenters. The molecule has 128 valence electrons. The Hall–Kier alpha value is -3.60. The molecule has 0 saturated carbocycles. The first-order valence-corrected chi connectivity index (χ1v) is 8.23. The Kier molecular flexibility index (Phi) is 4.11. The Morgan fingerprint density at radius 2 is 1.31 bits per heavy atom. The third kappa shape index (κ3) is 3.02. The van der Waals surface area contributed by atoms with Crippen LogP contribution in [0, 0.1) is 0 Å². The molecule has 1 aliphatic rings. The number of carbonyl (C=O) groups is 2. The van der Waals surface area contributed by atoms with Crippen molar-refractivity contribution in [2.24, 2.45) is 0 Å². The third-order valence-corrected chi connectivity index (χ3v) is 4.14. The van der Waals surface area contributed by atoms with Crippen molar-refractivity contribution in [3.05, 3.63) is 95.6 Å². The molecular formula is C21H16N2O3. The molecule has 0 atom stereocenters. The minimum Gasteiger partial charge on any atom is -0.489 e. The van der Waals surface area contributed by atoms with Crippen molar-refractivity contribution >= 4 is 17.5 Å². The summed E-state index contributed by atoms with van der Waals surface area (Å²) in [6.07, 6.45) is 0. The zero-order valence-electron chi connectivity index (χ0n) is 13.9. The number of anilines is 1. The number of rotatable bonds is 5. The Balaban J connectivity index is 1.42. The van der Waals surface area contributed by atoms with Gasteiger partial charge >= 0.3 is 0 Å². The molecule has 1 aliphatic heterocycles. The quantitative estimate of drug-likeness (QED) is 0.714. The summed E-state index contributed by atoms with van der Waals surface area (Å²) in [5.74, 6) is 0.00627. The first kappa shape index (κ1) is 15.9. The van der Waals surface area contributed by atoms with Crippen LogP contribution in [0.5, 0.6) is 5.75 Å². The zero-order valence-corrected chi connectivity index (χ0v) is 13.9. The van der Waals surface area contributed by atoms with Gasteiger partial charge in [-0.05, 0) is 42.0 Å². The predicted octanol–water partition coefficient (Wildman–Crippen LogP) is 3.89. The van der Waals surface area contributed by atoms with Crippen molar-refractivity contribution < 1.29 is 14.3 Å². The minimum absolute atomic E-state index is 0.352. The van der Waals surface area contributed by atoms with Crippen LogP contribution in [0.15, 0.2) is 78.9 Å². The van der Waals surface area contributed by atoms with E-state index in [0.717, 1.165) is 10.6 Å². The molecule has 5 nitrogen and oxygen atoms in total. The molecule has 2 amide bonds. The molecule has 3 aromatic rings. The van der Waals surface area contributed by atoms with Gasteiger partial charge in [0.25, 0.3) is 11.8 Å². The molecule has 0 saturated heterocycles. The van der Waals surface area contributed by atoms with E-state index in [1.807, 2.05) is 30.3 Å². The molecule has 0 aliphatic carbocycles. The summed E-state index contributed by atoms with van der Waals surface area (Å²) >= 11 is 0. The van der Waals surface area contributed by atoms with Crippen LogP contribution in [0.2, 0.25) is 0 Å². The lowest BCUT2D eigenvalue weighted by Gasteiger charge is -2.16. The van der Waals surface area contributed by atoms with Gasteiger partial charge in [-0.1, -0.05) is 42.5 Å². The van der Waals surface area contributed by atoms with Crippen molar-refractivity contribution in [3.8, 4) is 5.75 Å². The van der Waals surface area contributed by atoms with E-state index in [9.17, 15) is 9.59 Å². The van der Waals surface area contributed by atoms with Crippen molar-refractivity contribution in [1.82, 2.24) is 5.01 Å². The summed E-state index contributed by atoms with van der Waals surface area (Å²) in [5.41, 5.74) is 5.40. The standard InChI is InChI=1S/C21H16N2O3/c24-20-18-8-4-5-9-19(18)21(25)23(20)22-16-10-12-17(13-11-16)26-14-15-6-2-1-3-7-15/h1-13,22H,14H2. The molecule has 0 aromatic heterocycles. The monoisotopic (exact) mass is 344 g/mol. The Morgan fingerprint density at radius 3 is 1.92 bits per heavy atom. The molecule has 26 heavy (non-hydrogen) atoms. The smallest absolute Gasteiger partial charge is 0.280 e.